The molecule has 2 aromatic rings. The number of carbonyl (C=O) groups is 2. The van der Waals surface area contributed by atoms with Crippen LogP contribution >= 0.6 is 23.4 Å². The van der Waals surface area contributed by atoms with Crippen LogP contribution in [-0.4, -0.2) is 34.6 Å². The third kappa shape index (κ3) is 8.23. The quantitative estimate of drug-likeness (QED) is 0.507. The summed E-state index contributed by atoms with van der Waals surface area (Å²) in [5.41, 5.74) is 4.60. The van der Waals surface area contributed by atoms with E-state index in [1.807, 2.05) is 26.0 Å². The van der Waals surface area contributed by atoms with Gasteiger partial charge < -0.3 is 10.2 Å². The molecule has 0 fully saturated rings. The standard InChI is InChI=1S/C25H33ClN2O2S/c1-6-19(4)27-25(30)20(5)28(14-21-7-9-23(26)10-8-21)24(29)16-31-15-22-12-17(2)11-18(3)13-22/h7-13,19-20H,6,14-16H2,1-5H3,(H,27,30)/t19-,20+/m0/s1. The number of carbonyl (C=O) groups excluding carboxylic acids is 2. The monoisotopic (exact) mass is 460 g/mol. The van der Waals surface area contributed by atoms with Crippen molar-refractivity contribution in [3.63, 3.8) is 0 Å². The lowest BCUT2D eigenvalue weighted by Gasteiger charge is -2.29. The fraction of sp³-hybridized carbons (Fsp3) is 0.440. The smallest absolute Gasteiger partial charge is 0.242 e. The number of nitrogens with zero attached hydrogens (tertiary/aromatic N) is 1. The Hall–Kier alpha value is -1.98. The fourth-order valence-corrected chi connectivity index (χ4v) is 4.30. The van der Waals surface area contributed by atoms with Crippen LogP contribution in [0.1, 0.15) is 49.4 Å². The minimum absolute atomic E-state index is 0.0453. The van der Waals surface area contributed by atoms with E-state index in [1.54, 1.807) is 35.7 Å². The molecule has 0 aromatic heterocycles. The lowest BCUT2D eigenvalue weighted by Crippen LogP contribution is -2.50. The Morgan fingerprint density at radius 1 is 1.03 bits per heavy atom. The minimum Gasteiger partial charge on any atom is -0.352 e. The van der Waals surface area contributed by atoms with Crippen molar-refractivity contribution in [2.45, 2.75) is 65.4 Å². The molecule has 0 aliphatic carbocycles. The van der Waals surface area contributed by atoms with E-state index < -0.39 is 6.04 Å². The van der Waals surface area contributed by atoms with Crippen molar-refractivity contribution < 1.29 is 9.59 Å². The van der Waals surface area contributed by atoms with E-state index >= 15 is 0 Å². The summed E-state index contributed by atoms with van der Waals surface area (Å²) in [6, 6.07) is 13.4. The molecule has 0 bridgehead atoms. The Balaban J connectivity index is 2.08. The fourth-order valence-electron chi connectivity index (χ4n) is 3.33. The lowest BCUT2D eigenvalue weighted by atomic mass is 10.1. The van der Waals surface area contributed by atoms with Gasteiger partial charge in [0.25, 0.3) is 0 Å². The van der Waals surface area contributed by atoms with Crippen LogP contribution < -0.4 is 5.32 Å². The molecule has 6 heteroatoms. The van der Waals surface area contributed by atoms with Crippen molar-refractivity contribution in [2.24, 2.45) is 0 Å². The predicted octanol–water partition coefficient (Wildman–Crippen LogP) is 5.52. The predicted molar refractivity (Wildman–Crippen MR) is 131 cm³/mol. The number of hydrogen-bond donors (Lipinski definition) is 1. The number of nitrogens with one attached hydrogen (secondary N) is 1. The van der Waals surface area contributed by atoms with Crippen LogP contribution in [0.3, 0.4) is 0 Å². The second kappa shape index (κ2) is 12.2. The van der Waals surface area contributed by atoms with Crippen molar-refractivity contribution in [3.05, 3.63) is 69.7 Å². The molecule has 168 valence electrons. The summed E-state index contributed by atoms with van der Waals surface area (Å²) in [6.07, 6.45) is 0.843. The SMILES string of the molecule is CC[C@H](C)NC(=O)[C@@H](C)N(Cc1ccc(Cl)cc1)C(=O)CSCc1cc(C)cc(C)c1. The van der Waals surface area contributed by atoms with Crippen LogP contribution in [-0.2, 0) is 21.9 Å². The maximum absolute atomic E-state index is 13.1. The molecule has 0 aliphatic rings. The Labute approximate surface area is 195 Å². The van der Waals surface area contributed by atoms with E-state index in [0.29, 0.717) is 17.3 Å². The average molecular weight is 461 g/mol. The summed E-state index contributed by atoms with van der Waals surface area (Å²) in [4.78, 5) is 27.5. The number of rotatable bonds is 10. The van der Waals surface area contributed by atoms with Gasteiger partial charge in [0.2, 0.25) is 11.8 Å². The van der Waals surface area contributed by atoms with Gasteiger partial charge in [-0.3, -0.25) is 9.59 Å². The first kappa shape index (κ1) is 25.3. The summed E-state index contributed by atoms with van der Waals surface area (Å²) >= 11 is 7.57. The zero-order valence-electron chi connectivity index (χ0n) is 19.1. The molecule has 4 nitrogen and oxygen atoms in total. The Morgan fingerprint density at radius 3 is 2.23 bits per heavy atom. The molecule has 31 heavy (non-hydrogen) atoms. The molecule has 2 aromatic carbocycles. The number of amides is 2. The van der Waals surface area contributed by atoms with Crippen LogP contribution in [0.2, 0.25) is 5.02 Å². The van der Waals surface area contributed by atoms with E-state index in [-0.39, 0.29) is 17.9 Å². The van der Waals surface area contributed by atoms with E-state index in [9.17, 15) is 9.59 Å². The van der Waals surface area contributed by atoms with Gasteiger partial charge in [0, 0.05) is 23.4 Å². The first-order valence-electron chi connectivity index (χ1n) is 10.7. The molecule has 0 unspecified atom stereocenters. The normalized spacial score (nSPS) is 12.8. The first-order valence-corrected chi connectivity index (χ1v) is 12.2. The highest BCUT2D eigenvalue weighted by Gasteiger charge is 2.26. The molecule has 0 heterocycles. The van der Waals surface area contributed by atoms with E-state index in [1.165, 1.54) is 16.7 Å². The number of benzene rings is 2. The zero-order chi connectivity index (χ0) is 23.0. The largest absolute Gasteiger partial charge is 0.352 e. The Kier molecular flexibility index (Phi) is 9.92. The van der Waals surface area contributed by atoms with Gasteiger partial charge in [-0.15, -0.1) is 11.8 Å². The van der Waals surface area contributed by atoms with Crippen molar-refractivity contribution >= 4 is 35.2 Å². The molecule has 0 radical (unpaired) electrons. The summed E-state index contributed by atoms with van der Waals surface area (Å²) in [5, 5.41) is 3.64. The molecule has 0 spiro atoms. The maximum Gasteiger partial charge on any atom is 0.242 e. The highest BCUT2D eigenvalue weighted by molar-refractivity contribution is 7.99. The average Bonchev–Trinajstić information content (AvgIpc) is 2.71. The van der Waals surface area contributed by atoms with Gasteiger partial charge in [0.15, 0.2) is 0 Å². The van der Waals surface area contributed by atoms with E-state index in [2.05, 4.69) is 37.4 Å². The van der Waals surface area contributed by atoms with Crippen LogP contribution in [0.25, 0.3) is 0 Å². The van der Waals surface area contributed by atoms with Gasteiger partial charge in [-0.2, -0.15) is 0 Å². The highest BCUT2D eigenvalue weighted by Crippen LogP contribution is 2.19. The molecular weight excluding hydrogens is 428 g/mol. The Morgan fingerprint density at radius 2 is 1.65 bits per heavy atom. The summed E-state index contributed by atoms with van der Waals surface area (Å²) < 4.78 is 0. The number of thioether (sulfide) groups is 1. The van der Waals surface area contributed by atoms with Gasteiger partial charge in [0.05, 0.1) is 5.75 Å². The van der Waals surface area contributed by atoms with Crippen LogP contribution in [0.4, 0.5) is 0 Å². The van der Waals surface area contributed by atoms with Crippen LogP contribution in [0.5, 0.6) is 0 Å². The van der Waals surface area contributed by atoms with Gasteiger partial charge in [-0.25, -0.2) is 0 Å². The van der Waals surface area contributed by atoms with Gasteiger partial charge in [-0.1, -0.05) is 60.0 Å². The number of aryl methyl sites for hydroxylation is 2. The van der Waals surface area contributed by atoms with E-state index in [0.717, 1.165) is 17.7 Å². The summed E-state index contributed by atoms with van der Waals surface area (Å²) in [6.45, 7) is 10.3. The lowest BCUT2D eigenvalue weighted by molar-refractivity contribution is -0.138. The molecule has 2 amide bonds. The second-order valence-electron chi connectivity index (χ2n) is 8.13. The zero-order valence-corrected chi connectivity index (χ0v) is 20.6. The van der Waals surface area contributed by atoms with Crippen LogP contribution in [0, 0.1) is 13.8 Å². The van der Waals surface area contributed by atoms with Crippen molar-refractivity contribution in [3.8, 4) is 0 Å². The summed E-state index contributed by atoms with van der Waals surface area (Å²) in [7, 11) is 0. The molecular formula is C25H33ClN2O2S. The van der Waals surface area contributed by atoms with E-state index in [4.69, 9.17) is 11.6 Å². The molecule has 1 N–H and O–H groups in total. The van der Waals surface area contributed by atoms with Gasteiger partial charge in [0.1, 0.15) is 6.04 Å². The second-order valence-corrected chi connectivity index (χ2v) is 9.55. The molecule has 0 aliphatic heterocycles. The van der Waals surface area contributed by atoms with Crippen molar-refractivity contribution in [1.82, 2.24) is 10.2 Å². The molecule has 0 saturated heterocycles. The topological polar surface area (TPSA) is 49.4 Å². The number of hydrogen-bond acceptors (Lipinski definition) is 3. The maximum atomic E-state index is 13.1. The van der Waals surface area contributed by atoms with Gasteiger partial charge in [-0.05, 0) is 57.4 Å². The Bertz CT molecular complexity index is 865. The molecule has 2 atom stereocenters. The third-order valence-electron chi connectivity index (χ3n) is 5.21. The van der Waals surface area contributed by atoms with Crippen molar-refractivity contribution in [1.29, 1.82) is 0 Å². The first-order chi connectivity index (χ1) is 14.7. The van der Waals surface area contributed by atoms with Crippen molar-refractivity contribution in [2.75, 3.05) is 5.75 Å². The summed E-state index contributed by atoms with van der Waals surface area (Å²) in [5.74, 6) is 0.907. The highest BCUT2D eigenvalue weighted by atomic mass is 35.5. The number of halogens is 1. The molecule has 2 rings (SSSR count). The molecule has 0 saturated carbocycles. The van der Waals surface area contributed by atoms with Crippen LogP contribution in [0.15, 0.2) is 42.5 Å². The third-order valence-corrected chi connectivity index (χ3v) is 6.45. The van der Waals surface area contributed by atoms with Gasteiger partial charge >= 0.3 is 0 Å². The minimum atomic E-state index is -0.556.